The summed E-state index contributed by atoms with van der Waals surface area (Å²) in [6.07, 6.45) is 2.21. The SMILES string of the molecule is CCC(C)C(C)c1ccc(Cc2ccccc2)cc1NC. The van der Waals surface area contributed by atoms with Crippen molar-refractivity contribution in [3.63, 3.8) is 0 Å². The van der Waals surface area contributed by atoms with Gasteiger partial charge < -0.3 is 5.32 Å². The molecule has 0 saturated heterocycles. The Morgan fingerprint density at radius 2 is 1.67 bits per heavy atom. The maximum atomic E-state index is 3.38. The Balaban J connectivity index is 2.24. The van der Waals surface area contributed by atoms with Gasteiger partial charge in [0.05, 0.1) is 0 Å². The van der Waals surface area contributed by atoms with Crippen LogP contribution in [0.1, 0.15) is 49.8 Å². The molecule has 1 heteroatoms. The summed E-state index contributed by atoms with van der Waals surface area (Å²) in [5, 5.41) is 3.38. The van der Waals surface area contributed by atoms with Gasteiger partial charge in [0.1, 0.15) is 0 Å². The van der Waals surface area contributed by atoms with Crippen LogP contribution in [-0.2, 0) is 6.42 Å². The van der Waals surface area contributed by atoms with Gasteiger partial charge in [-0.3, -0.25) is 0 Å². The molecular weight excluding hydrogens is 254 g/mol. The molecule has 1 nitrogen and oxygen atoms in total. The van der Waals surface area contributed by atoms with Gasteiger partial charge in [-0.15, -0.1) is 0 Å². The van der Waals surface area contributed by atoms with E-state index in [1.807, 2.05) is 7.05 Å². The van der Waals surface area contributed by atoms with Gasteiger partial charge >= 0.3 is 0 Å². The van der Waals surface area contributed by atoms with E-state index >= 15 is 0 Å². The molecule has 0 saturated carbocycles. The summed E-state index contributed by atoms with van der Waals surface area (Å²) in [5.74, 6) is 1.29. The highest BCUT2D eigenvalue weighted by molar-refractivity contribution is 5.55. The Labute approximate surface area is 129 Å². The fourth-order valence-corrected chi connectivity index (χ4v) is 2.82. The normalized spacial score (nSPS) is 13.7. The minimum atomic E-state index is 0.586. The van der Waals surface area contributed by atoms with Gasteiger partial charge in [-0.25, -0.2) is 0 Å². The highest BCUT2D eigenvalue weighted by Gasteiger charge is 2.16. The van der Waals surface area contributed by atoms with Gasteiger partial charge in [0.2, 0.25) is 0 Å². The summed E-state index contributed by atoms with van der Waals surface area (Å²) in [6, 6.07) is 17.6. The van der Waals surface area contributed by atoms with Gasteiger partial charge in [0.25, 0.3) is 0 Å². The molecule has 2 rings (SSSR count). The second-order valence-electron chi connectivity index (χ2n) is 6.01. The Hall–Kier alpha value is -1.76. The van der Waals surface area contributed by atoms with Crippen molar-refractivity contribution in [2.24, 2.45) is 5.92 Å². The van der Waals surface area contributed by atoms with Crippen LogP contribution in [0.2, 0.25) is 0 Å². The molecule has 2 aromatic rings. The Morgan fingerprint density at radius 3 is 2.29 bits per heavy atom. The summed E-state index contributed by atoms with van der Waals surface area (Å²) in [4.78, 5) is 0. The smallest absolute Gasteiger partial charge is 0.0375 e. The zero-order valence-electron chi connectivity index (χ0n) is 13.7. The topological polar surface area (TPSA) is 12.0 Å². The van der Waals surface area contributed by atoms with Crippen LogP contribution in [0.15, 0.2) is 48.5 Å². The lowest BCUT2D eigenvalue weighted by molar-refractivity contribution is 0.474. The van der Waals surface area contributed by atoms with Crippen LogP contribution in [0, 0.1) is 5.92 Å². The molecule has 1 N–H and O–H groups in total. The van der Waals surface area contributed by atoms with Crippen molar-refractivity contribution < 1.29 is 0 Å². The third-order valence-electron chi connectivity index (χ3n) is 4.63. The fraction of sp³-hybridized carbons (Fsp3) is 0.400. The van der Waals surface area contributed by atoms with E-state index in [1.165, 1.54) is 28.8 Å². The van der Waals surface area contributed by atoms with Crippen molar-refractivity contribution in [1.82, 2.24) is 0 Å². The third-order valence-corrected chi connectivity index (χ3v) is 4.63. The molecule has 0 radical (unpaired) electrons. The lowest BCUT2D eigenvalue weighted by Crippen LogP contribution is -2.08. The second-order valence-corrected chi connectivity index (χ2v) is 6.01. The van der Waals surface area contributed by atoms with E-state index in [9.17, 15) is 0 Å². The minimum Gasteiger partial charge on any atom is -0.388 e. The fourth-order valence-electron chi connectivity index (χ4n) is 2.82. The van der Waals surface area contributed by atoms with E-state index < -0.39 is 0 Å². The second kappa shape index (κ2) is 7.31. The maximum Gasteiger partial charge on any atom is 0.0375 e. The monoisotopic (exact) mass is 281 g/mol. The molecule has 2 unspecified atom stereocenters. The van der Waals surface area contributed by atoms with E-state index in [0.717, 1.165) is 6.42 Å². The van der Waals surface area contributed by atoms with E-state index in [-0.39, 0.29) is 0 Å². The van der Waals surface area contributed by atoms with Gasteiger partial charge in [-0.2, -0.15) is 0 Å². The molecule has 0 amide bonds. The highest BCUT2D eigenvalue weighted by atomic mass is 14.8. The lowest BCUT2D eigenvalue weighted by Gasteiger charge is -2.22. The molecule has 0 fully saturated rings. The molecular formula is C20H27N. The molecule has 0 aromatic heterocycles. The van der Waals surface area contributed by atoms with Crippen LogP contribution >= 0.6 is 0 Å². The first-order chi connectivity index (χ1) is 10.2. The van der Waals surface area contributed by atoms with Gasteiger partial charge in [-0.1, -0.05) is 69.7 Å². The Morgan fingerprint density at radius 1 is 0.952 bits per heavy atom. The van der Waals surface area contributed by atoms with Crippen molar-refractivity contribution in [3.05, 3.63) is 65.2 Å². The molecule has 2 aromatic carbocycles. The molecule has 0 spiro atoms. The average Bonchev–Trinajstić information content (AvgIpc) is 2.54. The predicted molar refractivity (Wildman–Crippen MR) is 93.1 cm³/mol. The minimum absolute atomic E-state index is 0.586. The predicted octanol–water partition coefficient (Wildman–Crippen LogP) is 5.47. The van der Waals surface area contributed by atoms with Crippen molar-refractivity contribution in [2.45, 2.75) is 39.5 Å². The van der Waals surface area contributed by atoms with Gasteiger partial charge in [0, 0.05) is 12.7 Å². The summed E-state index contributed by atoms with van der Waals surface area (Å²) in [6.45, 7) is 6.94. The summed E-state index contributed by atoms with van der Waals surface area (Å²) >= 11 is 0. The van der Waals surface area contributed by atoms with Gasteiger partial charge in [0.15, 0.2) is 0 Å². The van der Waals surface area contributed by atoms with E-state index in [2.05, 4.69) is 74.6 Å². The van der Waals surface area contributed by atoms with Gasteiger partial charge in [-0.05, 0) is 41.0 Å². The largest absolute Gasteiger partial charge is 0.388 e. The molecule has 0 aliphatic heterocycles. The molecule has 112 valence electrons. The molecule has 2 atom stereocenters. The van der Waals surface area contributed by atoms with Crippen LogP contribution in [0.4, 0.5) is 5.69 Å². The van der Waals surface area contributed by atoms with E-state index in [4.69, 9.17) is 0 Å². The van der Waals surface area contributed by atoms with Crippen molar-refractivity contribution >= 4 is 5.69 Å². The molecule has 0 heterocycles. The number of benzene rings is 2. The van der Waals surface area contributed by atoms with Crippen LogP contribution < -0.4 is 5.32 Å². The Bertz CT molecular complexity index is 559. The van der Waals surface area contributed by atoms with E-state index in [0.29, 0.717) is 11.8 Å². The maximum absolute atomic E-state index is 3.38. The average molecular weight is 281 g/mol. The first kappa shape index (κ1) is 15.6. The Kier molecular flexibility index (Phi) is 5.44. The highest BCUT2D eigenvalue weighted by Crippen LogP contribution is 2.32. The summed E-state index contributed by atoms with van der Waals surface area (Å²) in [7, 11) is 2.02. The summed E-state index contributed by atoms with van der Waals surface area (Å²) < 4.78 is 0. The molecule has 0 bridgehead atoms. The quantitative estimate of drug-likeness (QED) is 0.740. The third kappa shape index (κ3) is 3.87. The molecule has 0 aliphatic carbocycles. The van der Waals surface area contributed by atoms with Crippen molar-refractivity contribution in [3.8, 4) is 0 Å². The number of rotatable bonds is 6. The molecule has 0 aliphatic rings. The number of hydrogen-bond donors (Lipinski definition) is 1. The zero-order chi connectivity index (χ0) is 15.2. The van der Waals surface area contributed by atoms with Crippen LogP contribution in [0.5, 0.6) is 0 Å². The summed E-state index contributed by atoms with van der Waals surface area (Å²) in [5.41, 5.74) is 5.44. The van der Waals surface area contributed by atoms with Crippen LogP contribution in [0.3, 0.4) is 0 Å². The number of hydrogen-bond acceptors (Lipinski definition) is 1. The molecule has 21 heavy (non-hydrogen) atoms. The standard InChI is InChI=1S/C20H27N/c1-5-15(2)16(3)19-12-11-18(14-20(19)21-4)13-17-9-7-6-8-10-17/h6-12,14-16,21H,5,13H2,1-4H3. The lowest BCUT2D eigenvalue weighted by atomic mass is 9.85. The van der Waals surface area contributed by atoms with E-state index in [1.54, 1.807) is 0 Å². The zero-order valence-corrected chi connectivity index (χ0v) is 13.7. The number of anilines is 1. The first-order valence-corrected chi connectivity index (χ1v) is 8.00. The van der Waals surface area contributed by atoms with Crippen molar-refractivity contribution in [2.75, 3.05) is 12.4 Å². The van der Waals surface area contributed by atoms with Crippen LogP contribution in [-0.4, -0.2) is 7.05 Å². The first-order valence-electron chi connectivity index (χ1n) is 8.00. The number of nitrogens with one attached hydrogen (secondary N) is 1. The van der Waals surface area contributed by atoms with Crippen molar-refractivity contribution in [1.29, 1.82) is 0 Å². The van der Waals surface area contributed by atoms with Crippen LogP contribution in [0.25, 0.3) is 0 Å².